The van der Waals surface area contributed by atoms with Crippen LogP contribution in [0.25, 0.3) is 5.57 Å². The number of Topliss-reactive ketones (excluding diaryl/α,β-unsaturated/α-hetero) is 1. The predicted octanol–water partition coefficient (Wildman–Crippen LogP) is 3.99. The van der Waals surface area contributed by atoms with Gasteiger partial charge in [0.15, 0.2) is 5.78 Å². The zero-order valence-electron chi connectivity index (χ0n) is 17.4. The van der Waals surface area contributed by atoms with Crippen LogP contribution in [0, 0.1) is 31.1 Å². The molecule has 1 aliphatic carbocycles. The van der Waals surface area contributed by atoms with Gasteiger partial charge in [0.2, 0.25) is 0 Å². The van der Waals surface area contributed by atoms with E-state index in [1.165, 1.54) is 0 Å². The molecule has 2 fully saturated rings. The Morgan fingerprint density at radius 3 is 2.18 bits per heavy atom. The van der Waals surface area contributed by atoms with E-state index in [0.717, 1.165) is 35.3 Å². The molecule has 1 unspecified atom stereocenters. The van der Waals surface area contributed by atoms with Gasteiger partial charge in [-0.1, -0.05) is 0 Å². The smallest absolute Gasteiger partial charge is 0.316 e. The lowest BCUT2D eigenvalue weighted by atomic mass is 9.80. The van der Waals surface area contributed by atoms with Gasteiger partial charge in [-0.2, -0.15) is 0 Å². The first-order valence-corrected chi connectivity index (χ1v) is 9.95. The molecule has 4 rings (SSSR count). The number of rotatable bonds is 3. The average molecular weight is 384 g/mol. The van der Waals surface area contributed by atoms with Crippen molar-refractivity contribution in [1.29, 1.82) is 0 Å². The summed E-state index contributed by atoms with van der Waals surface area (Å²) >= 11 is 0. The molecule has 0 radical (unpaired) electrons. The number of carbonyl (C=O) groups is 2. The number of fused-ring (bicyclic) bond motifs is 5. The predicted molar refractivity (Wildman–Crippen MR) is 105 cm³/mol. The second-order valence-electron chi connectivity index (χ2n) is 9.22. The van der Waals surface area contributed by atoms with Crippen LogP contribution in [0.1, 0.15) is 50.3 Å². The van der Waals surface area contributed by atoms with Crippen molar-refractivity contribution in [3.8, 4) is 5.75 Å². The van der Waals surface area contributed by atoms with Crippen LogP contribution in [0.15, 0.2) is 17.9 Å². The number of hydrogen-bond acceptors (Lipinski definition) is 5. The van der Waals surface area contributed by atoms with E-state index in [2.05, 4.69) is 0 Å². The van der Waals surface area contributed by atoms with E-state index >= 15 is 0 Å². The maximum Gasteiger partial charge on any atom is 0.316 e. The third-order valence-electron chi connectivity index (χ3n) is 6.18. The summed E-state index contributed by atoms with van der Waals surface area (Å²) in [5, 5.41) is 0. The lowest BCUT2D eigenvalue weighted by Gasteiger charge is -2.24. The molecule has 5 nitrogen and oxygen atoms in total. The summed E-state index contributed by atoms with van der Waals surface area (Å²) in [6.07, 6.45) is 1.69. The number of ether oxygens (including phenoxy) is 3. The zero-order chi connectivity index (χ0) is 20.4. The molecule has 1 aromatic rings. The van der Waals surface area contributed by atoms with E-state index in [0.29, 0.717) is 11.3 Å². The Morgan fingerprint density at radius 1 is 1.07 bits per heavy atom. The van der Waals surface area contributed by atoms with E-state index in [-0.39, 0.29) is 35.8 Å². The highest BCUT2D eigenvalue weighted by molar-refractivity contribution is 6.26. The van der Waals surface area contributed by atoms with E-state index in [1.54, 1.807) is 7.11 Å². The largest absolute Gasteiger partial charge is 0.497 e. The number of methoxy groups -OCH3 is 1. The van der Waals surface area contributed by atoms with Gasteiger partial charge in [-0.15, -0.1) is 0 Å². The van der Waals surface area contributed by atoms with Crippen LogP contribution in [0.4, 0.5) is 0 Å². The zero-order valence-corrected chi connectivity index (χ0v) is 17.4. The fourth-order valence-corrected chi connectivity index (χ4v) is 4.85. The fraction of sp³-hybridized carbons (Fsp3) is 0.565. The highest BCUT2D eigenvalue weighted by Gasteiger charge is 2.60. The molecule has 0 amide bonds. The van der Waals surface area contributed by atoms with Crippen molar-refractivity contribution in [1.82, 2.24) is 0 Å². The van der Waals surface area contributed by atoms with E-state index in [1.807, 2.05) is 46.8 Å². The van der Waals surface area contributed by atoms with Crippen LogP contribution in [0.2, 0.25) is 0 Å². The molecule has 0 N–H and O–H groups in total. The lowest BCUT2D eigenvalue weighted by molar-refractivity contribution is -0.149. The minimum absolute atomic E-state index is 0.0434. The first kappa shape index (κ1) is 19.2. The molecular formula is C23H28O5. The Hall–Kier alpha value is -2.14. The second-order valence-corrected chi connectivity index (χ2v) is 9.22. The van der Waals surface area contributed by atoms with Crippen molar-refractivity contribution in [2.45, 2.75) is 59.7 Å². The maximum atomic E-state index is 13.5. The summed E-state index contributed by atoms with van der Waals surface area (Å²) in [6.45, 7) is 9.40. The van der Waals surface area contributed by atoms with Gasteiger partial charge in [-0.05, 0) is 76.3 Å². The third kappa shape index (κ3) is 2.79. The normalized spacial score (nSPS) is 28.7. The molecule has 4 atom stereocenters. The Labute approximate surface area is 166 Å². The summed E-state index contributed by atoms with van der Waals surface area (Å²) in [7, 11) is 1.63. The summed E-state index contributed by atoms with van der Waals surface area (Å²) in [5.74, 6) is 0.594. The van der Waals surface area contributed by atoms with Gasteiger partial charge >= 0.3 is 5.97 Å². The molecule has 3 aliphatic rings. The summed E-state index contributed by atoms with van der Waals surface area (Å²) in [5.41, 5.74) is 2.65. The second kappa shape index (κ2) is 6.45. The van der Waals surface area contributed by atoms with Crippen LogP contribution in [0.5, 0.6) is 5.75 Å². The van der Waals surface area contributed by atoms with Gasteiger partial charge in [0.1, 0.15) is 11.5 Å². The number of carbonyl (C=O) groups excluding carboxylic acids is 2. The van der Waals surface area contributed by atoms with Crippen molar-refractivity contribution in [2.75, 3.05) is 7.11 Å². The standard InChI is InChI=1S/C23H28O5/c1-11-9-13(26-6)10-12(2)16(11)19-20(24)17-14-7-8-15(27-14)18(17)21(19)28-22(25)23(3,4)5/h9-10,14-15,17-18H,7-8H2,1-6H3/t14?,15-,17+,18-/m1/s1. The Bertz CT molecular complexity index is 866. The minimum Gasteiger partial charge on any atom is -0.497 e. The third-order valence-corrected chi connectivity index (χ3v) is 6.18. The van der Waals surface area contributed by atoms with Gasteiger partial charge in [-0.3, -0.25) is 9.59 Å². The molecule has 150 valence electrons. The van der Waals surface area contributed by atoms with E-state index in [4.69, 9.17) is 14.2 Å². The Kier molecular flexibility index (Phi) is 4.42. The summed E-state index contributed by atoms with van der Waals surface area (Å²) in [6, 6.07) is 3.84. The van der Waals surface area contributed by atoms with Gasteiger partial charge in [0, 0.05) is 0 Å². The summed E-state index contributed by atoms with van der Waals surface area (Å²) in [4.78, 5) is 26.3. The first-order chi connectivity index (χ1) is 13.1. The fourth-order valence-electron chi connectivity index (χ4n) is 4.85. The van der Waals surface area contributed by atoms with Crippen LogP contribution >= 0.6 is 0 Å². The molecule has 1 aromatic carbocycles. The summed E-state index contributed by atoms with van der Waals surface area (Å²) < 4.78 is 17.3. The number of hydrogen-bond donors (Lipinski definition) is 0. The van der Waals surface area contributed by atoms with E-state index in [9.17, 15) is 9.59 Å². The molecule has 0 aromatic heterocycles. The van der Waals surface area contributed by atoms with E-state index < -0.39 is 5.41 Å². The Morgan fingerprint density at radius 2 is 1.64 bits per heavy atom. The average Bonchev–Trinajstić information content (AvgIpc) is 3.28. The van der Waals surface area contributed by atoms with Gasteiger partial charge in [0.25, 0.3) is 0 Å². The number of aryl methyl sites for hydroxylation is 2. The van der Waals surface area contributed by atoms with Crippen molar-refractivity contribution in [3.05, 3.63) is 34.6 Å². The molecule has 5 heteroatoms. The SMILES string of the molecule is COc1cc(C)c(C2=C(OC(=O)C(C)(C)C)[C@@H]3[C@H]4CCC(O4)[C@@H]3C2=O)c(C)c1. The molecule has 2 saturated heterocycles. The van der Waals surface area contributed by atoms with Crippen molar-refractivity contribution in [2.24, 2.45) is 17.3 Å². The number of benzene rings is 1. The maximum absolute atomic E-state index is 13.5. The van der Waals surface area contributed by atoms with Crippen LogP contribution in [-0.4, -0.2) is 31.1 Å². The monoisotopic (exact) mass is 384 g/mol. The van der Waals surface area contributed by atoms with Crippen LogP contribution < -0.4 is 4.74 Å². The molecule has 2 aliphatic heterocycles. The number of allylic oxidation sites excluding steroid dienone is 1. The molecular weight excluding hydrogens is 356 g/mol. The number of ketones is 1. The quantitative estimate of drug-likeness (QED) is 0.738. The first-order valence-electron chi connectivity index (χ1n) is 9.95. The minimum atomic E-state index is -0.651. The van der Waals surface area contributed by atoms with Gasteiger partial charge < -0.3 is 14.2 Å². The van der Waals surface area contributed by atoms with Crippen molar-refractivity contribution < 1.29 is 23.8 Å². The topological polar surface area (TPSA) is 61.8 Å². The highest BCUT2D eigenvalue weighted by Crippen LogP contribution is 2.55. The van der Waals surface area contributed by atoms with Crippen LogP contribution in [-0.2, 0) is 19.1 Å². The van der Waals surface area contributed by atoms with Crippen LogP contribution in [0.3, 0.4) is 0 Å². The van der Waals surface area contributed by atoms with Crippen molar-refractivity contribution >= 4 is 17.3 Å². The molecule has 0 saturated carbocycles. The molecule has 0 spiro atoms. The molecule has 2 heterocycles. The Balaban J connectivity index is 1.88. The van der Waals surface area contributed by atoms with Gasteiger partial charge in [0.05, 0.1) is 42.1 Å². The number of esters is 1. The lowest BCUT2D eigenvalue weighted by Crippen LogP contribution is -2.31. The van der Waals surface area contributed by atoms with Crippen molar-refractivity contribution in [3.63, 3.8) is 0 Å². The molecule has 28 heavy (non-hydrogen) atoms. The van der Waals surface area contributed by atoms with Gasteiger partial charge in [-0.25, -0.2) is 0 Å². The highest BCUT2D eigenvalue weighted by atomic mass is 16.6. The molecule has 2 bridgehead atoms.